The second-order valence-corrected chi connectivity index (χ2v) is 9.22. The zero-order chi connectivity index (χ0) is 19.6. The van der Waals surface area contributed by atoms with Crippen molar-refractivity contribution in [2.45, 2.75) is 78.0 Å². The third kappa shape index (κ3) is 4.42. The fourth-order valence-corrected chi connectivity index (χ4v) is 3.96. The quantitative estimate of drug-likeness (QED) is 0.334. The molecule has 0 aromatic heterocycles. The lowest BCUT2D eigenvalue weighted by molar-refractivity contribution is -0.183. The Bertz CT molecular complexity index is 612. The molecule has 4 nitrogen and oxygen atoms in total. The monoisotopic (exact) mass is 474 g/mol. The van der Waals surface area contributed by atoms with Gasteiger partial charge in [-0.05, 0) is 46.6 Å². The molecule has 0 spiro atoms. The van der Waals surface area contributed by atoms with E-state index < -0.39 is 22.7 Å². The van der Waals surface area contributed by atoms with Gasteiger partial charge in [0.2, 0.25) is 0 Å². The molecule has 1 saturated heterocycles. The van der Waals surface area contributed by atoms with Crippen molar-refractivity contribution in [3.8, 4) is 0 Å². The molecule has 1 aromatic carbocycles. The number of benzene rings is 1. The van der Waals surface area contributed by atoms with Crippen molar-refractivity contribution in [1.29, 1.82) is 0 Å². The molecule has 0 saturated carbocycles. The first-order chi connectivity index (χ1) is 12.1. The SMILES string of the molecule is CC[C@H]1O[C@](C)(CI)[C@@H](OC(=O)C(C)(C)C)[C@]1(C)OCc1ccccc1. The summed E-state index contributed by atoms with van der Waals surface area (Å²) in [4.78, 5) is 12.6. The third-order valence-corrected chi connectivity index (χ3v) is 6.51. The highest BCUT2D eigenvalue weighted by molar-refractivity contribution is 14.1. The van der Waals surface area contributed by atoms with Crippen LogP contribution in [-0.4, -0.2) is 33.8 Å². The first kappa shape index (κ1) is 21.6. The fraction of sp³-hybridized carbons (Fsp3) is 0.667. The Hall–Kier alpha value is -0.660. The summed E-state index contributed by atoms with van der Waals surface area (Å²) in [5.41, 5.74) is -0.761. The van der Waals surface area contributed by atoms with Crippen molar-refractivity contribution in [2.24, 2.45) is 5.41 Å². The van der Waals surface area contributed by atoms with Crippen molar-refractivity contribution in [1.82, 2.24) is 0 Å². The molecule has 0 amide bonds. The van der Waals surface area contributed by atoms with Crippen molar-refractivity contribution in [2.75, 3.05) is 4.43 Å². The molecule has 0 bridgehead atoms. The Morgan fingerprint density at radius 2 is 1.85 bits per heavy atom. The van der Waals surface area contributed by atoms with Crippen LogP contribution in [0.15, 0.2) is 30.3 Å². The van der Waals surface area contributed by atoms with E-state index in [1.165, 1.54) is 0 Å². The van der Waals surface area contributed by atoms with Gasteiger partial charge >= 0.3 is 5.97 Å². The molecule has 1 aliphatic rings. The normalized spacial score (nSPS) is 31.8. The van der Waals surface area contributed by atoms with Gasteiger partial charge < -0.3 is 14.2 Å². The van der Waals surface area contributed by atoms with Crippen LogP contribution < -0.4 is 0 Å². The molecule has 2 rings (SSSR count). The highest BCUT2D eigenvalue weighted by atomic mass is 127. The number of carbonyl (C=O) groups excluding carboxylic acids is 1. The van der Waals surface area contributed by atoms with E-state index in [4.69, 9.17) is 14.2 Å². The van der Waals surface area contributed by atoms with Gasteiger partial charge in [-0.1, -0.05) is 59.8 Å². The molecular formula is C21H31IO4. The molecule has 0 aliphatic carbocycles. The maximum atomic E-state index is 12.6. The van der Waals surface area contributed by atoms with E-state index in [9.17, 15) is 4.79 Å². The summed E-state index contributed by atoms with van der Waals surface area (Å²) in [6.07, 6.45) is 0.192. The number of halogens is 1. The largest absolute Gasteiger partial charge is 0.456 e. The van der Waals surface area contributed by atoms with Gasteiger partial charge in [0.1, 0.15) is 11.2 Å². The average molecular weight is 474 g/mol. The van der Waals surface area contributed by atoms with Crippen molar-refractivity contribution in [3.63, 3.8) is 0 Å². The van der Waals surface area contributed by atoms with Crippen LogP contribution in [0.2, 0.25) is 0 Å². The van der Waals surface area contributed by atoms with Crippen LogP contribution in [0, 0.1) is 5.41 Å². The van der Waals surface area contributed by atoms with Crippen molar-refractivity contribution < 1.29 is 19.0 Å². The van der Waals surface area contributed by atoms with Gasteiger partial charge in [-0.15, -0.1) is 0 Å². The lowest BCUT2D eigenvalue weighted by Crippen LogP contribution is -2.54. The zero-order valence-electron chi connectivity index (χ0n) is 16.7. The van der Waals surface area contributed by atoms with Gasteiger partial charge in [0, 0.05) is 4.43 Å². The molecule has 5 heteroatoms. The maximum Gasteiger partial charge on any atom is 0.311 e. The molecule has 1 fully saturated rings. The summed E-state index contributed by atoms with van der Waals surface area (Å²) in [5.74, 6) is -0.228. The van der Waals surface area contributed by atoms with Gasteiger partial charge in [0.25, 0.3) is 0 Å². The van der Waals surface area contributed by atoms with Gasteiger partial charge in [-0.3, -0.25) is 4.79 Å². The topological polar surface area (TPSA) is 44.8 Å². The van der Waals surface area contributed by atoms with Gasteiger partial charge in [-0.25, -0.2) is 0 Å². The number of rotatable bonds is 6. The molecular weight excluding hydrogens is 443 g/mol. The molecule has 4 atom stereocenters. The van der Waals surface area contributed by atoms with E-state index in [1.54, 1.807) is 0 Å². The van der Waals surface area contributed by atoms with Crippen LogP contribution in [0.3, 0.4) is 0 Å². The summed E-state index contributed by atoms with van der Waals surface area (Å²) in [7, 11) is 0. The molecule has 0 N–H and O–H groups in total. The Labute approximate surface area is 171 Å². The summed E-state index contributed by atoms with van der Waals surface area (Å²) < 4.78 is 19.5. The number of hydrogen-bond donors (Lipinski definition) is 0. The predicted octanol–water partition coefficient (Wildman–Crippen LogP) is 4.92. The summed E-state index contributed by atoms with van der Waals surface area (Å²) in [6.45, 7) is 12.2. The minimum absolute atomic E-state index is 0.135. The molecule has 1 heterocycles. The van der Waals surface area contributed by atoms with E-state index in [1.807, 2.05) is 65.0 Å². The van der Waals surface area contributed by atoms with Crippen LogP contribution in [0.1, 0.15) is 53.5 Å². The van der Waals surface area contributed by atoms with E-state index in [2.05, 4.69) is 29.5 Å². The standard InChI is InChI=1S/C21H31IO4/c1-7-16-21(6,24-13-15-11-9-8-10-12-15)17(20(5,14-22)26-16)25-18(23)19(2,3)4/h8-12,16-17H,7,13-14H2,1-6H3/t16-,17-,20-,21-/m1/s1. The molecule has 0 unspecified atom stereocenters. The van der Waals surface area contributed by atoms with Crippen LogP contribution in [0.5, 0.6) is 0 Å². The highest BCUT2D eigenvalue weighted by Gasteiger charge is 2.62. The van der Waals surface area contributed by atoms with E-state index >= 15 is 0 Å². The number of alkyl halides is 1. The van der Waals surface area contributed by atoms with Gasteiger partial charge in [-0.2, -0.15) is 0 Å². The van der Waals surface area contributed by atoms with Crippen molar-refractivity contribution in [3.05, 3.63) is 35.9 Å². The minimum Gasteiger partial charge on any atom is -0.456 e. The average Bonchev–Trinajstić information content (AvgIpc) is 2.82. The Kier molecular flexibility index (Phi) is 6.78. The number of esters is 1. The molecule has 146 valence electrons. The van der Waals surface area contributed by atoms with Gasteiger partial charge in [0.05, 0.1) is 18.1 Å². The first-order valence-corrected chi connectivity index (χ1v) is 10.7. The third-order valence-electron chi connectivity index (χ3n) is 4.99. The molecule has 1 aliphatic heterocycles. The summed E-state index contributed by atoms with van der Waals surface area (Å²) in [6, 6.07) is 10.0. The maximum absolute atomic E-state index is 12.6. The van der Waals surface area contributed by atoms with Crippen molar-refractivity contribution >= 4 is 28.6 Å². The predicted molar refractivity (Wildman–Crippen MR) is 111 cm³/mol. The van der Waals surface area contributed by atoms with Crippen LogP contribution in [-0.2, 0) is 25.6 Å². The zero-order valence-corrected chi connectivity index (χ0v) is 18.8. The lowest BCUT2D eigenvalue weighted by Gasteiger charge is -2.38. The molecule has 1 aromatic rings. The van der Waals surface area contributed by atoms with Crippen LogP contribution in [0.4, 0.5) is 0 Å². The van der Waals surface area contributed by atoms with E-state index in [0.29, 0.717) is 11.0 Å². The number of carbonyl (C=O) groups is 1. The summed E-state index contributed by atoms with van der Waals surface area (Å²) >= 11 is 2.30. The highest BCUT2D eigenvalue weighted by Crippen LogP contribution is 2.46. The Balaban J connectivity index is 2.31. The number of ether oxygens (including phenoxy) is 3. The smallest absolute Gasteiger partial charge is 0.311 e. The van der Waals surface area contributed by atoms with E-state index in [0.717, 1.165) is 12.0 Å². The van der Waals surface area contributed by atoms with Gasteiger partial charge in [0.15, 0.2) is 6.10 Å². The Morgan fingerprint density at radius 3 is 2.35 bits per heavy atom. The van der Waals surface area contributed by atoms with Crippen LogP contribution >= 0.6 is 22.6 Å². The second kappa shape index (κ2) is 8.15. The Morgan fingerprint density at radius 1 is 1.23 bits per heavy atom. The molecule has 0 radical (unpaired) electrons. The molecule has 26 heavy (non-hydrogen) atoms. The van der Waals surface area contributed by atoms with Crippen LogP contribution in [0.25, 0.3) is 0 Å². The minimum atomic E-state index is -0.703. The van der Waals surface area contributed by atoms with E-state index in [-0.39, 0.29) is 12.1 Å². The first-order valence-electron chi connectivity index (χ1n) is 9.19. The summed E-state index contributed by atoms with van der Waals surface area (Å²) in [5, 5.41) is 0. The second-order valence-electron chi connectivity index (χ2n) is 8.45. The lowest BCUT2D eigenvalue weighted by atomic mass is 9.85. The fourth-order valence-electron chi connectivity index (χ4n) is 3.38. The number of hydrogen-bond acceptors (Lipinski definition) is 4.